The lowest BCUT2D eigenvalue weighted by Crippen LogP contribution is -2.54. The predicted molar refractivity (Wildman–Crippen MR) is 120 cm³/mol. The molecule has 2 aromatic carbocycles. The Balaban J connectivity index is 1.33. The van der Waals surface area contributed by atoms with Crippen LogP contribution in [0.2, 0.25) is 5.02 Å². The Kier molecular flexibility index (Phi) is 5.15. The van der Waals surface area contributed by atoms with Crippen LogP contribution in [0, 0.1) is 5.82 Å². The van der Waals surface area contributed by atoms with E-state index in [0.29, 0.717) is 36.7 Å². The number of piperazine rings is 1. The highest BCUT2D eigenvalue weighted by Crippen LogP contribution is 2.43. The number of halogens is 2. The minimum Gasteiger partial charge on any atom is -0.345 e. The maximum absolute atomic E-state index is 14.0. The lowest BCUT2D eigenvalue weighted by atomic mass is 9.77. The molecule has 0 N–H and O–H groups in total. The van der Waals surface area contributed by atoms with Gasteiger partial charge in [-0.1, -0.05) is 54.0 Å². The number of nitrogens with zero attached hydrogens (tertiary/aromatic N) is 3. The molecule has 0 atom stereocenters. The molecule has 0 unspecified atom stereocenters. The van der Waals surface area contributed by atoms with Crippen molar-refractivity contribution in [3.63, 3.8) is 0 Å². The quantitative estimate of drug-likeness (QED) is 0.554. The van der Waals surface area contributed by atoms with E-state index < -0.39 is 5.41 Å². The predicted octanol–water partition coefficient (Wildman–Crippen LogP) is 5.25. The number of thiazole rings is 1. The summed E-state index contributed by atoms with van der Waals surface area (Å²) in [4.78, 5) is 22.3. The van der Waals surface area contributed by atoms with Crippen molar-refractivity contribution in [2.75, 3.05) is 31.1 Å². The summed E-state index contributed by atoms with van der Waals surface area (Å²) in [6.07, 6.45) is 3.94. The van der Waals surface area contributed by atoms with E-state index in [1.54, 1.807) is 6.07 Å². The summed E-state index contributed by atoms with van der Waals surface area (Å²) in [7, 11) is 0. The Morgan fingerprint density at radius 2 is 1.73 bits per heavy atom. The van der Waals surface area contributed by atoms with Crippen LogP contribution in [-0.4, -0.2) is 42.0 Å². The summed E-state index contributed by atoms with van der Waals surface area (Å²) in [5, 5.41) is 1.52. The first-order chi connectivity index (χ1) is 14.6. The zero-order chi connectivity index (χ0) is 20.7. The van der Waals surface area contributed by atoms with E-state index in [2.05, 4.69) is 9.88 Å². The second kappa shape index (κ2) is 7.82. The molecular weight excluding hydrogens is 421 g/mol. The van der Waals surface area contributed by atoms with E-state index in [-0.39, 0.29) is 11.7 Å². The number of para-hydroxylation sites is 1. The van der Waals surface area contributed by atoms with Crippen molar-refractivity contribution in [2.24, 2.45) is 0 Å². The van der Waals surface area contributed by atoms with E-state index in [4.69, 9.17) is 11.6 Å². The summed E-state index contributed by atoms with van der Waals surface area (Å²) in [6.45, 7) is 2.74. The molecule has 7 heteroatoms. The molecular formula is C23H23ClFN3OS. The zero-order valence-corrected chi connectivity index (χ0v) is 18.2. The van der Waals surface area contributed by atoms with Gasteiger partial charge in [-0.2, -0.15) is 0 Å². The zero-order valence-electron chi connectivity index (χ0n) is 16.6. The minimum absolute atomic E-state index is 0.234. The fourth-order valence-electron chi connectivity index (χ4n) is 4.82. The first-order valence-electron chi connectivity index (χ1n) is 10.4. The summed E-state index contributed by atoms with van der Waals surface area (Å²) in [5.74, 6) is -0.0488. The maximum atomic E-state index is 14.0. The molecule has 2 aliphatic rings. The van der Waals surface area contributed by atoms with Gasteiger partial charge in [-0.3, -0.25) is 4.79 Å². The van der Waals surface area contributed by atoms with Crippen LogP contribution in [0.3, 0.4) is 0 Å². The summed E-state index contributed by atoms with van der Waals surface area (Å²) < 4.78 is 14.9. The fraction of sp³-hybridized carbons (Fsp3) is 0.391. The molecule has 1 aliphatic carbocycles. The molecule has 2 fully saturated rings. The molecule has 1 saturated heterocycles. The van der Waals surface area contributed by atoms with Gasteiger partial charge in [0.15, 0.2) is 5.13 Å². The van der Waals surface area contributed by atoms with E-state index >= 15 is 0 Å². The standard InChI is InChI=1S/C23H23ClFN3OS/c24-17-8-6-16(7-9-17)23(10-1-2-11-23)21(29)27-12-14-28(15-13-27)22-26-20-18(25)4-3-5-19(20)30-22/h3-9H,1-2,10-15H2. The maximum Gasteiger partial charge on any atom is 0.233 e. The SMILES string of the molecule is O=C(N1CCN(c2nc3c(F)cccc3s2)CC1)C1(c2ccc(Cl)cc2)CCCC1. The number of carbonyl (C=O) groups is 1. The molecule has 2 heterocycles. The Morgan fingerprint density at radius 1 is 1.03 bits per heavy atom. The van der Waals surface area contributed by atoms with Crippen LogP contribution in [0.25, 0.3) is 10.2 Å². The van der Waals surface area contributed by atoms with Crippen LogP contribution in [0.5, 0.6) is 0 Å². The van der Waals surface area contributed by atoms with Gasteiger partial charge >= 0.3 is 0 Å². The van der Waals surface area contributed by atoms with Crippen molar-refractivity contribution in [2.45, 2.75) is 31.1 Å². The first-order valence-corrected chi connectivity index (χ1v) is 11.6. The number of anilines is 1. The molecule has 3 aromatic rings. The molecule has 4 nitrogen and oxygen atoms in total. The van der Waals surface area contributed by atoms with Crippen molar-refractivity contribution < 1.29 is 9.18 Å². The molecule has 5 rings (SSSR count). The Hall–Kier alpha value is -2.18. The summed E-state index contributed by atoms with van der Waals surface area (Å²) in [5.41, 5.74) is 1.09. The molecule has 1 saturated carbocycles. The normalized spacial score (nSPS) is 18.9. The van der Waals surface area contributed by atoms with Crippen LogP contribution in [0.4, 0.5) is 9.52 Å². The average Bonchev–Trinajstić information content (AvgIpc) is 3.43. The third-order valence-electron chi connectivity index (χ3n) is 6.46. The van der Waals surface area contributed by atoms with Gasteiger partial charge in [0.2, 0.25) is 5.91 Å². The highest BCUT2D eigenvalue weighted by molar-refractivity contribution is 7.22. The van der Waals surface area contributed by atoms with Gasteiger partial charge in [-0.25, -0.2) is 9.37 Å². The van der Waals surface area contributed by atoms with Crippen molar-refractivity contribution in [3.8, 4) is 0 Å². The number of benzene rings is 2. The van der Waals surface area contributed by atoms with Crippen LogP contribution in [-0.2, 0) is 10.2 Å². The Labute approximate surface area is 184 Å². The van der Waals surface area contributed by atoms with Gasteiger partial charge in [0, 0.05) is 31.2 Å². The van der Waals surface area contributed by atoms with Crippen LogP contribution in [0.15, 0.2) is 42.5 Å². The first kappa shape index (κ1) is 19.8. The molecule has 0 spiro atoms. The molecule has 30 heavy (non-hydrogen) atoms. The third-order valence-corrected chi connectivity index (χ3v) is 7.79. The fourth-order valence-corrected chi connectivity index (χ4v) is 5.97. The largest absolute Gasteiger partial charge is 0.345 e. The highest BCUT2D eigenvalue weighted by atomic mass is 35.5. The highest BCUT2D eigenvalue weighted by Gasteiger charge is 2.45. The van der Waals surface area contributed by atoms with Gasteiger partial charge in [0.05, 0.1) is 10.1 Å². The van der Waals surface area contributed by atoms with Gasteiger partial charge in [0.25, 0.3) is 0 Å². The van der Waals surface area contributed by atoms with Gasteiger partial charge in [0.1, 0.15) is 11.3 Å². The van der Waals surface area contributed by atoms with E-state index in [0.717, 1.165) is 41.1 Å². The van der Waals surface area contributed by atoms with Gasteiger partial charge in [-0.15, -0.1) is 0 Å². The van der Waals surface area contributed by atoms with Crippen molar-refractivity contribution in [1.29, 1.82) is 0 Å². The number of amides is 1. The molecule has 0 bridgehead atoms. The Morgan fingerprint density at radius 3 is 2.40 bits per heavy atom. The minimum atomic E-state index is -0.425. The van der Waals surface area contributed by atoms with E-state index in [1.807, 2.05) is 35.2 Å². The number of aromatic nitrogens is 1. The van der Waals surface area contributed by atoms with Gasteiger partial charge in [-0.05, 0) is 42.7 Å². The van der Waals surface area contributed by atoms with E-state index in [9.17, 15) is 9.18 Å². The van der Waals surface area contributed by atoms with Gasteiger partial charge < -0.3 is 9.80 Å². The molecule has 1 aromatic heterocycles. The van der Waals surface area contributed by atoms with Crippen LogP contribution < -0.4 is 4.90 Å². The monoisotopic (exact) mass is 443 g/mol. The smallest absolute Gasteiger partial charge is 0.233 e. The molecule has 156 valence electrons. The van der Waals surface area contributed by atoms with Crippen molar-refractivity contribution >= 4 is 44.2 Å². The number of carbonyl (C=O) groups excluding carboxylic acids is 1. The third kappa shape index (κ3) is 3.36. The molecule has 1 amide bonds. The van der Waals surface area contributed by atoms with E-state index in [1.165, 1.54) is 17.4 Å². The Bertz CT molecular complexity index is 1070. The molecule has 1 aliphatic heterocycles. The second-order valence-corrected chi connectivity index (χ2v) is 9.60. The average molecular weight is 444 g/mol. The topological polar surface area (TPSA) is 36.4 Å². The lowest BCUT2D eigenvalue weighted by molar-refractivity contribution is -0.137. The van der Waals surface area contributed by atoms with Crippen molar-refractivity contribution in [3.05, 3.63) is 58.9 Å². The number of hydrogen-bond donors (Lipinski definition) is 0. The van der Waals surface area contributed by atoms with Crippen molar-refractivity contribution in [1.82, 2.24) is 9.88 Å². The number of hydrogen-bond acceptors (Lipinski definition) is 4. The summed E-state index contributed by atoms with van der Waals surface area (Å²) >= 11 is 7.59. The lowest BCUT2D eigenvalue weighted by Gasteiger charge is -2.40. The second-order valence-electron chi connectivity index (χ2n) is 8.16. The number of fused-ring (bicyclic) bond motifs is 1. The van der Waals surface area contributed by atoms with Crippen LogP contribution >= 0.6 is 22.9 Å². The number of rotatable bonds is 3. The van der Waals surface area contributed by atoms with Crippen LogP contribution in [0.1, 0.15) is 31.2 Å². The molecule has 0 radical (unpaired) electrons. The summed E-state index contributed by atoms with van der Waals surface area (Å²) in [6, 6.07) is 12.8.